The molecule has 0 bridgehead atoms. The van der Waals surface area contributed by atoms with Crippen molar-refractivity contribution in [3.8, 4) is 0 Å². The molecule has 130 valence electrons. The van der Waals surface area contributed by atoms with Crippen LogP contribution < -0.4 is 11.1 Å². The number of nitrogens with zero attached hydrogens (tertiary/aromatic N) is 2. The third-order valence-corrected chi connectivity index (χ3v) is 5.78. The fourth-order valence-corrected chi connectivity index (χ4v) is 4.26. The van der Waals surface area contributed by atoms with Crippen LogP contribution in [-0.4, -0.2) is 60.5 Å². The van der Waals surface area contributed by atoms with Crippen molar-refractivity contribution in [3.05, 3.63) is 0 Å². The number of nitrogens with one attached hydrogen (secondary N) is 1. The maximum absolute atomic E-state index is 12.3. The average Bonchev–Trinajstić information content (AvgIpc) is 3.20. The minimum absolute atomic E-state index is 0.0250. The molecule has 3 rings (SSSR count). The molecule has 6 heteroatoms. The van der Waals surface area contributed by atoms with Gasteiger partial charge in [-0.25, -0.2) is 4.79 Å². The Kier molecular flexibility index (Phi) is 5.41. The molecule has 2 saturated heterocycles. The van der Waals surface area contributed by atoms with Crippen LogP contribution in [0.4, 0.5) is 4.79 Å². The van der Waals surface area contributed by atoms with Crippen molar-refractivity contribution in [2.75, 3.05) is 32.7 Å². The lowest BCUT2D eigenvalue weighted by molar-refractivity contribution is -0.121. The molecule has 23 heavy (non-hydrogen) atoms. The van der Waals surface area contributed by atoms with Crippen molar-refractivity contribution in [1.82, 2.24) is 15.1 Å². The van der Waals surface area contributed by atoms with Gasteiger partial charge >= 0.3 is 6.03 Å². The molecule has 2 heterocycles. The van der Waals surface area contributed by atoms with Gasteiger partial charge in [0.05, 0.1) is 5.92 Å². The minimum Gasteiger partial charge on any atom is -0.369 e. The number of urea groups is 1. The Bertz CT molecular complexity index is 428. The standard InChI is InChI=1S/C17H30N4O2/c18-16(22)14-5-10-21(12-14)17(23)19-15-6-8-20(9-7-15)11-13-3-1-2-4-13/h13-15H,1-12H2,(H2,18,22)(H,19,23). The number of likely N-dealkylation sites (tertiary alicyclic amines) is 2. The SMILES string of the molecule is NC(=O)C1CCN(C(=O)NC2CCN(CC3CCCC3)CC2)C1. The highest BCUT2D eigenvalue weighted by Gasteiger charge is 2.31. The van der Waals surface area contributed by atoms with Crippen LogP contribution in [0.25, 0.3) is 0 Å². The summed E-state index contributed by atoms with van der Waals surface area (Å²) in [6, 6.07) is 0.248. The summed E-state index contributed by atoms with van der Waals surface area (Å²) in [5, 5.41) is 3.14. The van der Waals surface area contributed by atoms with E-state index >= 15 is 0 Å². The van der Waals surface area contributed by atoms with Crippen LogP contribution in [0.3, 0.4) is 0 Å². The smallest absolute Gasteiger partial charge is 0.317 e. The summed E-state index contributed by atoms with van der Waals surface area (Å²) >= 11 is 0. The molecular weight excluding hydrogens is 292 g/mol. The number of nitrogens with two attached hydrogens (primary N) is 1. The molecule has 3 N–H and O–H groups in total. The average molecular weight is 322 g/mol. The Morgan fingerprint density at radius 2 is 1.70 bits per heavy atom. The molecule has 0 aromatic carbocycles. The summed E-state index contributed by atoms with van der Waals surface area (Å²) in [6.45, 7) is 4.53. The molecule has 0 spiro atoms. The number of primary amides is 1. The number of hydrogen-bond donors (Lipinski definition) is 2. The van der Waals surface area contributed by atoms with Gasteiger partial charge in [0, 0.05) is 38.8 Å². The van der Waals surface area contributed by atoms with Crippen LogP contribution in [0.1, 0.15) is 44.9 Å². The zero-order chi connectivity index (χ0) is 16.2. The van der Waals surface area contributed by atoms with E-state index in [1.165, 1.54) is 32.2 Å². The van der Waals surface area contributed by atoms with E-state index in [-0.39, 0.29) is 23.9 Å². The number of piperidine rings is 1. The van der Waals surface area contributed by atoms with Crippen LogP contribution in [0.5, 0.6) is 0 Å². The number of carbonyl (C=O) groups excluding carboxylic acids is 2. The van der Waals surface area contributed by atoms with Crippen molar-refractivity contribution in [2.24, 2.45) is 17.6 Å². The van der Waals surface area contributed by atoms with Gasteiger partial charge in [-0.15, -0.1) is 0 Å². The summed E-state index contributed by atoms with van der Waals surface area (Å²) in [7, 11) is 0. The molecule has 1 saturated carbocycles. The highest BCUT2D eigenvalue weighted by atomic mass is 16.2. The lowest BCUT2D eigenvalue weighted by atomic mass is 10.0. The van der Waals surface area contributed by atoms with Gasteiger partial charge in [-0.2, -0.15) is 0 Å². The summed E-state index contributed by atoms with van der Waals surface area (Å²) in [6.07, 6.45) is 8.36. The number of rotatable bonds is 4. The lowest BCUT2D eigenvalue weighted by Crippen LogP contribution is -2.49. The maximum atomic E-state index is 12.3. The maximum Gasteiger partial charge on any atom is 0.317 e. The van der Waals surface area contributed by atoms with Gasteiger partial charge in [-0.05, 0) is 38.0 Å². The first-order valence-corrected chi connectivity index (χ1v) is 9.19. The molecule has 1 unspecified atom stereocenters. The van der Waals surface area contributed by atoms with E-state index in [9.17, 15) is 9.59 Å². The second kappa shape index (κ2) is 7.51. The summed E-state index contributed by atoms with van der Waals surface area (Å²) < 4.78 is 0. The first-order chi connectivity index (χ1) is 11.1. The molecule has 6 nitrogen and oxygen atoms in total. The summed E-state index contributed by atoms with van der Waals surface area (Å²) in [5.74, 6) is 0.436. The van der Waals surface area contributed by atoms with E-state index in [2.05, 4.69) is 10.2 Å². The Hall–Kier alpha value is -1.30. The molecule has 1 atom stereocenters. The number of hydrogen-bond acceptors (Lipinski definition) is 3. The van der Waals surface area contributed by atoms with Gasteiger partial charge in [0.1, 0.15) is 0 Å². The van der Waals surface area contributed by atoms with Crippen LogP contribution in [-0.2, 0) is 4.79 Å². The zero-order valence-corrected chi connectivity index (χ0v) is 14.0. The highest BCUT2D eigenvalue weighted by Crippen LogP contribution is 2.26. The van der Waals surface area contributed by atoms with Crippen molar-refractivity contribution in [2.45, 2.75) is 51.0 Å². The van der Waals surface area contributed by atoms with Gasteiger partial charge in [-0.3, -0.25) is 4.79 Å². The minimum atomic E-state index is -0.291. The van der Waals surface area contributed by atoms with Gasteiger partial charge < -0.3 is 20.9 Å². The van der Waals surface area contributed by atoms with Crippen molar-refractivity contribution < 1.29 is 9.59 Å². The van der Waals surface area contributed by atoms with Crippen molar-refractivity contribution in [3.63, 3.8) is 0 Å². The third-order valence-electron chi connectivity index (χ3n) is 5.78. The largest absolute Gasteiger partial charge is 0.369 e. The quantitative estimate of drug-likeness (QED) is 0.815. The van der Waals surface area contributed by atoms with Crippen LogP contribution in [0.2, 0.25) is 0 Å². The van der Waals surface area contributed by atoms with Crippen LogP contribution in [0, 0.1) is 11.8 Å². The second-order valence-corrected chi connectivity index (χ2v) is 7.51. The van der Waals surface area contributed by atoms with Gasteiger partial charge in [-0.1, -0.05) is 12.8 Å². The molecular formula is C17H30N4O2. The van der Waals surface area contributed by atoms with Gasteiger partial charge in [0.15, 0.2) is 0 Å². The Morgan fingerprint density at radius 1 is 1.00 bits per heavy atom. The van der Waals surface area contributed by atoms with E-state index in [0.29, 0.717) is 19.5 Å². The molecule has 3 fully saturated rings. The Labute approximate surface area is 138 Å². The fourth-order valence-electron chi connectivity index (χ4n) is 4.26. The molecule has 2 aliphatic heterocycles. The zero-order valence-electron chi connectivity index (χ0n) is 14.0. The van der Waals surface area contributed by atoms with Gasteiger partial charge in [0.25, 0.3) is 0 Å². The molecule has 0 aromatic rings. The van der Waals surface area contributed by atoms with E-state index in [1.54, 1.807) is 4.90 Å². The second-order valence-electron chi connectivity index (χ2n) is 7.51. The summed E-state index contributed by atoms with van der Waals surface area (Å²) in [5.41, 5.74) is 5.32. The molecule has 0 radical (unpaired) electrons. The molecule has 3 amide bonds. The van der Waals surface area contributed by atoms with E-state index in [4.69, 9.17) is 5.73 Å². The molecule has 1 aliphatic carbocycles. The third kappa shape index (κ3) is 4.37. The fraction of sp³-hybridized carbons (Fsp3) is 0.882. The molecule has 3 aliphatic rings. The van der Waals surface area contributed by atoms with Crippen molar-refractivity contribution >= 4 is 11.9 Å². The summed E-state index contributed by atoms with van der Waals surface area (Å²) in [4.78, 5) is 27.8. The van der Waals surface area contributed by atoms with E-state index < -0.39 is 0 Å². The van der Waals surface area contributed by atoms with E-state index in [1.807, 2.05) is 0 Å². The molecule has 0 aromatic heterocycles. The predicted molar refractivity (Wildman–Crippen MR) is 88.8 cm³/mol. The van der Waals surface area contributed by atoms with Crippen LogP contribution >= 0.6 is 0 Å². The normalized spacial score (nSPS) is 27.5. The first-order valence-electron chi connectivity index (χ1n) is 9.19. The Balaban J connectivity index is 1.37. The van der Waals surface area contributed by atoms with Crippen LogP contribution in [0.15, 0.2) is 0 Å². The highest BCUT2D eigenvalue weighted by molar-refractivity contribution is 5.80. The first kappa shape index (κ1) is 16.6. The monoisotopic (exact) mass is 322 g/mol. The van der Waals surface area contributed by atoms with Gasteiger partial charge in [0.2, 0.25) is 5.91 Å². The lowest BCUT2D eigenvalue weighted by Gasteiger charge is -2.34. The van der Waals surface area contributed by atoms with E-state index in [0.717, 1.165) is 31.8 Å². The topological polar surface area (TPSA) is 78.7 Å². The predicted octanol–water partition coefficient (Wildman–Crippen LogP) is 1.16. The number of carbonyl (C=O) groups is 2. The number of amides is 3. The Morgan fingerprint density at radius 3 is 2.30 bits per heavy atom. The van der Waals surface area contributed by atoms with Crippen molar-refractivity contribution in [1.29, 1.82) is 0 Å².